The van der Waals surface area contributed by atoms with Crippen molar-refractivity contribution in [1.29, 1.82) is 0 Å². The Labute approximate surface area is 142 Å². The third-order valence-corrected chi connectivity index (χ3v) is 5.52. The lowest BCUT2D eigenvalue weighted by atomic mass is 10.2. The van der Waals surface area contributed by atoms with Crippen molar-refractivity contribution >= 4 is 27.2 Å². The van der Waals surface area contributed by atoms with E-state index in [1.165, 1.54) is 31.9 Å². The minimum atomic E-state index is -3.72. The van der Waals surface area contributed by atoms with Crippen LogP contribution in [0.15, 0.2) is 53.4 Å². The van der Waals surface area contributed by atoms with Gasteiger partial charge in [0.1, 0.15) is 0 Å². The second kappa shape index (κ2) is 6.65. The van der Waals surface area contributed by atoms with E-state index in [0.717, 1.165) is 18.8 Å². The Morgan fingerprint density at radius 1 is 1.04 bits per heavy atom. The van der Waals surface area contributed by atoms with E-state index in [-0.39, 0.29) is 10.7 Å². The number of nitrogens with zero attached hydrogens (tertiary/aromatic N) is 1. The zero-order chi connectivity index (χ0) is 17.2. The summed E-state index contributed by atoms with van der Waals surface area (Å²) in [6.07, 6.45) is 2.39. The highest BCUT2D eigenvalue weighted by Gasteiger charge is 2.16. The molecule has 0 amide bonds. The lowest BCUT2D eigenvalue weighted by Crippen LogP contribution is -2.17. The molecule has 5 nitrogen and oxygen atoms in total. The van der Waals surface area contributed by atoms with Gasteiger partial charge in [0.25, 0.3) is 10.0 Å². The van der Waals surface area contributed by atoms with Crippen LogP contribution in [0.3, 0.4) is 0 Å². The van der Waals surface area contributed by atoms with Gasteiger partial charge < -0.3 is 4.90 Å². The van der Waals surface area contributed by atoms with Crippen LogP contribution in [0.25, 0.3) is 0 Å². The van der Waals surface area contributed by atoms with Crippen LogP contribution in [0.5, 0.6) is 0 Å². The summed E-state index contributed by atoms with van der Waals surface area (Å²) in [4.78, 5) is 13.8. The molecule has 6 heteroatoms. The first-order valence-electron chi connectivity index (χ1n) is 7.94. The lowest BCUT2D eigenvalue weighted by molar-refractivity contribution is 0.101. The van der Waals surface area contributed by atoms with E-state index in [9.17, 15) is 13.2 Å². The summed E-state index contributed by atoms with van der Waals surface area (Å²) in [6.45, 7) is 3.50. The van der Waals surface area contributed by atoms with Crippen LogP contribution < -0.4 is 9.62 Å². The summed E-state index contributed by atoms with van der Waals surface area (Å²) in [5, 5.41) is 0. The molecule has 0 bridgehead atoms. The molecule has 0 saturated carbocycles. The van der Waals surface area contributed by atoms with Crippen LogP contribution in [0.1, 0.15) is 30.1 Å². The summed E-state index contributed by atoms with van der Waals surface area (Å²) in [5.74, 6) is -0.165. The summed E-state index contributed by atoms with van der Waals surface area (Å²) in [7, 11) is -3.72. The van der Waals surface area contributed by atoms with Crippen molar-refractivity contribution in [2.75, 3.05) is 22.7 Å². The molecule has 1 N–H and O–H groups in total. The molecule has 1 heterocycles. The second-order valence-electron chi connectivity index (χ2n) is 5.93. The Morgan fingerprint density at radius 2 is 1.71 bits per heavy atom. The fourth-order valence-corrected chi connectivity index (χ4v) is 3.92. The van der Waals surface area contributed by atoms with Crippen molar-refractivity contribution in [3.8, 4) is 0 Å². The number of rotatable bonds is 5. The zero-order valence-corrected chi connectivity index (χ0v) is 14.3. The molecule has 126 valence electrons. The number of carbonyl (C=O) groups is 1. The first-order valence-corrected chi connectivity index (χ1v) is 9.43. The van der Waals surface area contributed by atoms with Crippen LogP contribution in [0.4, 0.5) is 11.4 Å². The number of Topliss-reactive ketones (excluding diaryl/α,β-unsaturated/α-hetero) is 1. The minimum absolute atomic E-state index is 0.0822. The van der Waals surface area contributed by atoms with E-state index in [2.05, 4.69) is 9.62 Å². The number of anilines is 2. The average Bonchev–Trinajstić information content (AvgIpc) is 3.10. The Kier molecular flexibility index (Phi) is 4.57. The average molecular weight is 344 g/mol. The van der Waals surface area contributed by atoms with Crippen LogP contribution in [0, 0.1) is 0 Å². The van der Waals surface area contributed by atoms with Crippen LogP contribution >= 0.6 is 0 Å². The van der Waals surface area contributed by atoms with Gasteiger partial charge in [-0.15, -0.1) is 0 Å². The van der Waals surface area contributed by atoms with E-state index in [1.807, 2.05) is 12.1 Å². The van der Waals surface area contributed by atoms with Crippen LogP contribution in [-0.4, -0.2) is 27.3 Å². The van der Waals surface area contributed by atoms with Gasteiger partial charge >= 0.3 is 0 Å². The molecule has 0 unspecified atom stereocenters. The molecule has 1 saturated heterocycles. The molecule has 2 aromatic rings. The third-order valence-electron chi connectivity index (χ3n) is 4.14. The summed E-state index contributed by atoms with van der Waals surface area (Å²) in [5.41, 5.74) is 1.99. The molecule has 0 radical (unpaired) electrons. The first kappa shape index (κ1) is 16.5. The third kappa shape index (κ3) is 3.59. The summed E-state index contributed by atoms with van der Waals surface area (Å²) < 4.78 is 27.5. The van der Waals surface area contributed by atoms with Crippen LogP contribution in [0.2, 0.25) is 0 Å². The first-order chi connectivity index (χ1) is 11.5. The van der Waals surface area contributed by atoms with E-state index in [4.69, 9.17) is 0 Å². The Hall–Kier alpha value is -2.34. The second-order valence-corrected chi connectivity index (χ2v) is 7.61. The van der Waals surface area contributed by atoms with Gasteiger partial charge in [-0.3, -0.25) is 9.52 Å². The SMILES string of the molecule is CC(=O)c1cccc(S(=O)(=O)Nc2ccc(N3CCCC3)cc2)c1. The molecule has 1 aliphatic heterocycles. The maximum Gasteiger partial charge on any atom is 0.261 e. The van der Waals surface area contributed by atoms with E-state index >= 15 is 0 Å². The number of hydrogen-bond acceptors (Lipinski definition) is 4. The fourth-order valence-electron chi connectivity index (χ4n) is 2.81. The monoisotopic (exact) mass is 344 g/mol. The van der Waals surface area contributed by atoms with Gasteiger partial charge in [-0.2, -0.15) is 0 Å². The van der Waals surface area contributed by atoms with Gasteiger partial charge in [0, 0.05) is 30.0 Å². The van der Waals surface area contributed by atoms with Crippen molar-refractivity contribution < 1.29 is 13.2 Å². The summed E-state index contributed by atoms with van der Waals surface area (Å²) >= 11 is 0. The zero-order valence-electron chi connectivity index (χ0n) is 13.5. The lowest BCUT2D eigenvalue weighted by Gasteiger charge is -2.18. The minimum Gasteiger partial charge on any atom is -0.372 e. The Morgan fingerprint density at radius 3 is 2.33 bits per heavy atom. The number of nitrogens with one attached hydrogen (secondary N) is 1. The number of benzene rings is 2. The standard InChI is InChI=1S/C18H20N2O3S/c1-14(21)15-5-4-6-18(13-15)24(22,23)19-16-7-9-17(10-8-16)20-11-2-3-12-20/h4-10,13,19H,2-3,11-12H2,1H3. The van der Waals surface area contributed by atoms with Crippen molar-refractivity contribution in [3.05, 3.63) is 54.1 Å². The van der Waals surface area contributed by atoms with Crippen molar-refractivity contribution in [2.45, 2.75) is 24.7 Å². The highest BCUT2D eigenvalue weighted by molar-refractivity contribution is 7.92. The van der Waals surface area contributed by atoms with E-state index in [1.54, 1.807) is 24.3 Å². The molecule has 3 rings (SSSR count). The highest BCUT2D eigenvalue weighted by atomic mass is 32.2. The normalized spacial score (nSPS) is 14.6. The maximum atomic E-state index is 12.5. The number of carbonyl (C=O) groups excluding carboxylic acids is 1. The molecular formula is C18H20N2O3S. The largest absolute Gasteiger partial charge is 0.372 e. The van der Waals surface area contributed by atoms with E-state index in [0.29, 0.717) is 11.3 Å². The topological polar surface area (TPSA) is 66.5 Å². The maximum absolute atomic E-state index is 12.5. The molecular weight excluding hydrogens is 324 g/mol. The number of sulfonamides is 1. The molecule has 24 heavy (non-hydrogen) atoms. The number of ketones is 1. The summed E-state index contributed by atoms with van der Waals surface area (Å²) in [6, 6.07) is 13.4. The van der Waals surface area contributed by atoms with Crippen LogP contribution in [-0.2, 0) is 10.0 Å². The molecule has 0 atom stereocenters. The van der Waals surface area contributed by atoms with Gasteiger partial charge in [-0.1, -0.05) is 12.1 Å². The molecule has 0 spiro atoms. The van der Waals surface area contributed by atoms with Gasteiger partial charge in [0.15, 0.2) is 5.78 Å². The molecule has 0 aromatic heterocycles. The van der Waals surface area contributed by atoms with Gasteiger partial charge in [-0.25, -0.2) is 8.42 Å². The predicted octanol–water partition coefficient (Wildman–Crippen LogP) is 3.29. The quantitative estimate of drug-likeness (QED) is 0.845. The van der Waals surface area contributed by atoms with Gasteiger partial charge in [0.2, 0.25) is 0 Å². The van der Waals surface area contributed by atoms with Gasteiger partial charge in [0.05, 0.1) is 4.90 Å². The molecule has 0 aliphatic carbocycles. The van der Waals surface area contributed by atoms with Gasteiger partial charge in [-0.05, 0) is 56.2 Å². The smallest absolute Gasteiger partial charge is 0.261 e. The van der Waals surface area contributed by atoms with Crippen molar-refractivity contribution in [1.82, 2.24) is 0 Å². The van der Waals surface area contributed by atoms with Crippen molar-refractivity contribution in [3.63, 3.8) is 0 Å². The highest BCUT2D eigenvalue weighted by Crippen LogP contribution is 2.23. The Balaban J connectivity index is 1.79. The number of hydrogen-bond donors (Lipinski definition) is 1. The molecule has 1 fully saturated rings. The van der Waals surface area contributed by atoms with Crippen molar-refractivity contribution in [2.24, 2.45) is 0 Å². The molecule has 2 aromatic carbocycles. The predicted molar refractivity (Wildman–Crippen MR) is 95.1 cm³/mol. The fraction of sp³-hybridized carbons (Fsp3) is 0.278. The van der Waals surface area contributed by atoms with E-state index < -0.39 is 10.0 Å². The molecule has 1 aliphatic rings. The Bertz CT molecular complexity index is 839.